The van der Waals surface area contributed by atoms with Crippen molar-refractivity contribution in [3.63, 3.8) is 0 Å². The van der Waals surface area contributed by atoms with Crippen molar-refractivity contribution in [1.29, 1.82) is 0 Å². The molecule has 0 radical (unpaired) electrons. The lowest BCUT2D eigenvalue weighted by Gasteiger charge is -2.06. The second-order valence-electron chi connectivity index (χ2n) is 3.78. The molecular weight excluding hydrogens is 271 g/mol. The van der Waals surface area contributed by atoms with Crippen molar-refractivity contribution in [3.8, 4) is 0 Å². The molecule has 92 valence electrons. The Morgan fingerprint density at radius 3 is 2.67 bits per heavy atom. The lowest BCUT2D eigenvalue weighted by atomic mass is 10.2. The van der Waals surface area contributed by atoms with E-state index in [0.717, 1.165) is 0 Å². The molecular formula is C13H10Cl2N2O. The summed E-state index contributed by atoms with van der Waals surface area (Å²) in [6.07, 6.45) is 0. The number of aryl methyl sites for hydroxylation is 1. The number of rotatable bonds is 2. The predicted molar refractivity (Wildman–Crippen MR) is 73.4 cm³/mol. The van der Waals surface area contributed by atoms with Crippen molar-refractivity contribution in [3.05, 3.63) is 57.8 Å². The van der Waals surface area contributed by atoms with Gasteiger partial charge in [0.25, 0.3) is 5.91 Å². The Labute approximate surface area is 115 Å². The summed E-state index contributed by atoms with van der Waals surface area (Å²) >= 11 is 11.7. The molecule has 3 nitrogen and oxygen atoms in total. The van der Waals surface area contributed by atoms with Crippen LogP contribution < -0.4 is 5.32 Å². The lowest BCUT2D eigenvalue weighted by Crippen LogP contribution is -2.12. The number of carbonyl (C=O) groups is 1. The van der Waals surface area contributed by atoms with E-state index in [2.05, 4.69) is 10.3 Å². The number of amides is 1. The third-order valence-corrected chi connectivity index (χ3v) is 2.70. The Bertz CT molecular complexity index is 579. The minimum Gasteiger partial charge on any atom is -0.322 e. The first-order valence-corrected chi connectivity index (χ1v) is 6.01. The highest BCUT2D eigenvalue weighted by atomic mass is 35.5. The summed E-state index contributed by atoms with van der Waals surface area (Å²) in [6, 6.07) is 10.1. The largest absolute Gasteiger partial charge is 0.322 e. The van der Waals surface area contributed by atoms with E-state index < -0.39 is 0 Å². The minimum absolute atomic E-state index is 0.246. The first-order chi connectivity index (χ1) is 8.54. The second-order valence-corrected chi connectivity index (χ2v) is 4.61. The van der Waals surface area contributed by atoms with E-state index >= 15 is 0 Å². The molecule has 0 aliphatic carbocycles. The third-order valence-electron chi connectivity index (χ3n) is 2.27. The van der Waals surface area contributed by atoms with Gasteiger partial charge in [-0.3, -0.25) is 4.79 Å². The first-order valence-electron chi connectivity index (χ1n) is 5.26. The van der Waals surface area contributed by atoms with Crippen LogP contribution in [0.1, 0.15) is 16.1 Å². The Kier molecular flexibility index (Phi) is 3.84. The van der Waals surface area contributed by atoms with Gasteiger partial charge in [0.15, 0.2) is 0 Å². The van der Waals surface area contributed by atoms with Gasteiger partial charge in [0.1, 0.15) is 5.15 Å². The quantitative estimate of drug-likeness (QED) is 0.847. The molecule has 18 heavy (non-hydrogen) atoms. The van der Waals surface area contributed by atoms with Gasteiger partial charge in [-0.05, 0) is 37.3 Å². The third kappa shape index (κ3) is 3.22. The molecule has 1 aromatic heterocycles. The summed E-state index contributed by atoms with van der Waals surface area (Å²) in [5.41, 5.74) is 1.80. The van der Waals surface area contributed by atoms with E-state index in [9.17, 15) is 4.79 Å². The van der Waals surface area contributed by atoms with E-state index in [1.807, 2.05) is 0 Å². The molecule has 2 aromatic rings. The average molecular weight is 281 g/mol. The van der Waals surface area contributed by atoms with Crippen LogP contribution >= 0.6 is 23.2 Å². The van der Waals surface area contributed by atoms with Gasteiger partial charge in [0, 0.05) is 22.0 Å². The maximum absolute atomic E-state index is 12.0. The summed E-state index contributed by atoms with van der Waals surface area (Å²) in [4.78, 5) is 16.0. The summed E-state index contributed by atoms with van der Waals surface area (Å²) in [6.45, 7) is 1.78. The Morgan fingerprint density at radius 1 is 1.22 bits per heavy atom. The average Bonchev–Trinajstić information content (AvgIpc) is 2.27. The van der Waals surface area contributed by atoms with Crippen LogP contribution in [0, 0.1) is 6.92 Å². The number of benzene rings is 1. The molecule has 0 unspecified atom stereocenters. The normalized spacial score (nSPS) is 10.2. The zero-order valence-corrected chi connectivity index (χ0v) is 11.1. The zero-order chi connectivity index (χ0) is 13.1. The highest BCUT2D eigenvalue weighted by molar-refractivity contribution is 6.31. The Hall–Kier alpha value is -1.58. The molecule has 0 atom stereocenters. The molecule has 0 bridgehead atoms. The van der Waals surface area contributed by atoms with Gasteiger partial charge in [-0.15, -0.1) is 0 Å². The number of hydrogen-bond donors (Lipinski definition) is 1. The van der Waals surface area contributed by atoms with Crippen molar-refractivity contribution in [1.82, 2.24) is 4.98 Å². The van der Waals surface area contributed by atoms with Crippen molar-refractivity contribution >= 4 is 34.8 Å². The molecule has 1 amide bonds. The van der Waals surface area contributed by atoms with Crippen LogP contribution in [0.5, 0.6) is 0 Å². The molecule has 0 aliphatic heterocycles. The fourth-order valence-electron chi connectivity index (χ4n) is 1.53. The minimum atomic E-state index is -0.246. The monoisotopic (exact) mass is 280 g/mol. The molecule has 0 saturated heterocycles. The van der Waals surface area contributed by atoms with Crippen molar-refractivity contribution < 1.29 is 4.79 Å². The predicted octanol–water partition coefficient (Wildman–Crippen LogP) is 3.95. The highest BCUT2D eigenvalue weighted by Crippen LogP contribution is 2.17. The maximum atomic E-state index is 12.0. The van der Waals surface area contributed by atoms with E-state index in [0.29, 0.717) is 27.1 Å². The molecule has 2 rings (SSSR count). The smallest absolute Gasteiger partial charge is 0.255 e. The van der Waals surface area contributed by atoms with Crippen molar-refractivity contribution in [2.75, 3.05) is 5.32 Å². The first kappa shape index (κ1) is 12.9. The zero-order valence-electron chi connectivity index (χ0n) is 9.58. The van der Waals surface area contributed by atoms with E-state index in [1.165, 1.54) is 6.07 Å². The maximum Gasteiger partial charge on any atom is 0.255 e. The number of anilines is 1. The molecule has 0 saturated carbocycles. The molecule has 1 heterocycles. The number of nitrogens with one attached hydrogen (secondary N) is 1. The van der Waals surface area contributed by atoms with Crippen LogP contribution in [-0.4, -0.2) is 10.9 Å². The van der Waals surface area contributed by atoms with E-state index in [4.69, 9.17) is 23.2 Å². The SMILES string of the molecule is Cc1cc(C(=O)Nc2cccc(Cl)c2)cc(Cl)n1. The van der Waals surface area contributed by atoms with Gasteiger partial charge in [-0.25, -0.2) is 4.98 Å². The van der Waals surface area contributed by atoms with Crippen molar-refractivity contribution in [2.45, 2.75) is 6.92 Å². The molecule has 0 fully saturated rings. The summed E-state index contributed by atoms with van der Waals surface area (Å²) in [5, 5.41) is 3.61. The molecule has 0 aliphatic rings. The van der Waals surface area contributed by atoms with Gasteiger partial charge < -0.3 is 5.32 Å². The highest BCUT2D eigenvalue weighted by Gasteiger charge is 2.08. The fraction of sp³-hybridized carbons (Fsp3) is 0.0769. The number of aromatic nitrogens is 1. The number of nitrogens with zero attached hydrogens (tertiary/aromatic N) is 1. The van der Waals surface area contributed by atoms with Crippen molar-refractivity contribution in [2.24, 2.45) is 0 Å². The van der Waals surface area contributed by atoms with Gasteiger partial charge in [0.05, 0.1) is 0 Å². The van der Waals surface area contributed by atoms with Gasteiger partial charge >= 0.3 is 0 Å². The summed E-state index contributed by atoms with van der Waals surface area (Å²) in [5.74, 6) is -0.246. The number of hydrogen-bond acceptors (Lipinski definition) is 2. The van der Waals surface area contributed by atoms with Gasteiger partial charge in [-0.1, -0.05) is 29.3 Å². The fourth-order valence-corrected chi connectivity index (χ4v) is 1.97. The van der Waals surface area contributed by atoms with Crippen LogP contribution in [0.2, 0.25) is 10.2 Å². The van der Waals surface area contributed by atoms with E-state index in [-0.39, 0.29) is 5.91 Å². The van der Waals surface area contributed by atoms with Crippen LogP contribution in [0.25, 0.3) is 0 Å². The van der Waals surface area contributed by atoms with Gasteiger partial charge in [0.2, 0.25) is 0 Å². The lowest BCUT2D eigenvalue weighted by molar-refractivity contribution is 0.102. The van der Waals surface area contributed by atoms with Crippen LogP contribution in [0.3, 0.4) is 0 Å². The molecule has 1 N–H and O–H groups in total. The Balaban J connectivity index is 2.22. The Morgan fingerprint density at radius 2 is 2.00 bits per heavy atom. The number of carbonyl (C=O) groups excluding carboxylic acids is 1. The number of pyridine rings is 1. The topological polar surface area (TPSA) is 42.0 Å². The molecule has 5 heteroatoms. The van der Waals surface area contributed by atoms with Crippen LogP contribution in [0.4, 0.5) is 5.69 Å². The second kappa shape index (κ2) is 5.38. The van der Waals surface area contributed by atoms with E-state index in [1.54, 1.807) is 37.3 Å². The van der Waals surface area contributed by atoms with Crippen LogP contribution in [0.15, 0.2) is 36.4 Å². The number of halogens is 2. The van der Waals surface area contributed by atoms with Crippen LogP contribution in [-0.2, 0) is 0 Å². The standard InChI is InChI=1S/C13H10Cl2N2O/c1-8-5-9(6-12(15)16-8)13(18)17-11-4-2-3-10(14)7-11/h2-7H,1H3,(H,17,18). The molecule has 0 spiro atoms. The summed E-state index contributed by atoms with van der Waals surface area (Å²) < 4.78 is 0. The molecule has 1 aromatic carbocycles. The summed E-state index contributed by atoms with van der Waals surface area (Å²) in [7, 11) is 0. The van der Waals surface area contributed by atoms with Gasteiger partial charge in [-0.2, -0.15) is 0 Å².